The van der Waals surface area contributed by atoms with Crippen LogP contribution in [0.1, 0.15) is 26.2 Å². The third kappa shape index (κ3) is 4.95. The number of hydrogen-bond donors (Lipinski definition) is 2. The monoisotopic (exact) mass is 307 g/mol. The van der Waals surface area contributed by atoms with Gasteiger partial charge in [-0.15, -0.1) is 0 Å². The van der Waals surface area contributed by atoms with Crippen LogP contribution in [0.3, 0.4) is 0 Å². The Hall–Kier alpha value is -2.24. The lowest BCUT2D eigenvalue weighted by molar-refractivity contribution is -0.138. The standard InChI is InChI=1S/C16H21NO5/c1-2-21-13-5-3-4-6-14(13)22-10-15(18)17-12(9-16(19)20)11-7-8-11/h3-6,11-12H,2,7-10H2,1H3,(H,17,18)(H,19,20)/t12-/m1/s1. The third-order valence-corrected chi connectivity index (χ3v) is 3.44. The molecule has 0 unspecified atom stereocenters. The summed E-state index contributed by atoms with van der Waals surface area (Å²) in [6, 6.07) is 6.82. The van der Waals surface area contributed by atoms with Gasteiger partial charge in [0.15, 0.2) is 18.1 Å². The maximum absolute atomic E-state index is 11.9. The first-order valence-corrected chi connectivity index (χ1v) is 7.46. The molecule has 6 heteroatoms. The van der Waals surface area contributed by atoms with Crippen LogP contribution in [0.15, 0.2) is 24.3 Å². The van der Waals surface area contributed by atoms with E-state index >= 15 is 0 Å². The maximum atomic E-state index is 11.9. The van der Waals surface area contributed by atoms with Crippen molar-refractivity contribution in [1.29, 1.82) is 0 Å². The van der Waals surface area contributed by atoms with Crippen LogP contribution >= 0.6 is 0 Å². The number of carboxylic acid groups (broad SMARTS) is 1. The van der Waals surface area contributed by atoms with Crippen molar-refractivity contribution in [2.75, 3.05) is 13.2 Å². The number of rotatable bonds is 9. The fourth-order valence-corrected chi connectivity index (χ4v) is 2.26. The second kappa shape index (κ2) is 7.68. The van der Waals surface area contributed by atoms with E-state index in [1.54, 1.807) is 18.2 Å². The molecule has 0 heterocycles. The molecule has 6 nitrogen and oxygen atoms in total. The van der Waals surface area contributed by atoms with Crippen molar-refractivity contribution in [2.45, 2.75) is 32.2 Å². The normalized spacial score (nSPS) is 15.0. The largest absolute Gasteiger partial charge is 0.490 e. The molecule has 0 spiro atoms. The maximum Gasteiger partial charge on any atom is 0.305 e. The van der Waals surface area contributed by atoms with Crippen molar-refractivity contribution in [3.8, 4) is 11.5 Å². The Balaban J connectivity index is 1.85. The van der Waals surface area contributed by atoms with Crippen LogP contribution in [-0.4, -0.2) is 36.2 Å². The van der Waals surface area contributed by atoms with Gasteiger partial charge >= 0.3 is 5.97 Å². The van der Waals surface area contributed by atoms with Crippen LogP contribution in [0, 0.1) is 5.92 Å². The van der Waals surface area contributed by atoms with Crippen LogP contribution in [-0.2, 0) is 9.59 Å². The molecule has 0 bridgehead atoms. The van der Waals surface area contributed by atoms with Crippen LogP contribution in [0.2, 0.25) is 0 Å². The molecule has 1 aliphatic carbocycles. The van der Waals surface area contributed by atoms with Crippen molar-refractivity contribution in [3.05, 3.63) is 24.3 Å². The molecular weight excluding hydrogens is 286 g/mol. The first-order valence-electron chi connectivity index (χ1n) is 7.46. The predicted octanol–water partition coefficient (Wildman–Crippen LogP) is 1.83. The van der Waals surface area contributed by atoms with Gasteiger partial charge in [-0.3, -0.25) is 9.59 Å². The summed E-state index contributed by atoms with van der Waals surface area (Å²) in [6.45, 7) is 2.22. The van der Waals surface area contributed by atoms with Crippen LogP contribution in [0.4, 0.5) is 0 Å². The van der Waals surface area contributed by atoms with Gasteiger partial charge in [0, 0.05) is 6.04 Å². The molecule has 0 saturated heterocycles. The molecule has 1 atom stereocenters. The number of aliphatic carboxylic acids is 1. The summed E-state index contributed by atoms with van der Waals surface area (Å²) in [5.74, 6) is 0.141. The SMILES string of the molecule is CCOc1ccccc1OCC(=O)N[C@H](CC(=O)O)C1CC1. The molecule has 1 aliphatic rings. The first-order chi connectivity index (χ1) is 10.6. The summed E-state index contributed by atoms with van der Waals surface area (Å²) in [6.07, 6.45) is 1.88. The zero-order valence-corrected chi connectivity index (χ0v) is 12.6. The highest BCUT2D eigenvalue weighted by Crippen LogP contribution is 2.34. The quantitative estimate of drug-likeness (QED) is 0.727. The van der Waals surface area contributed by atoms with Gasteiger partial charge in [-0.1, -0.05) is 12.1 Å². The number of ether oxygens (including phenoxy) is 2. The number of hydrogen-bond acceptors (Lipinski definition) is 4. The van der Waals surface area contributed by atoms with Gasteiger partial charge in [-0.05, 0) is 37.8 Å². The molecule has 2 rings (SSSR count). The number of carboxylic acids is 1. The summed E-state index contributed by atoms with van der Waals surface area (Å²) in [4.78, 5) is 22.8. The van der Waals surface area contributed by atoms with Gasteiger partial charge in [0.1, 0.15) is 0 Å². The Kier molecular flexibility index (Phi) is 5.63. The van der Waals surface area contributed by atoms with E-state index in [0.717, 1.165) is 12.8 Å². The van der Waals surface area contributed by atoms with Gasteiger partial charge in [0.2, 0.25) is 0 Å². The van der Waals surface area contributed by atoms with E-state index in [2.05, 4.69) is 5.32 Å². The predicted molar refractivity (Wildman–Crippen MR) is 80.0 cm³/mol. The second-order valence-electron chi connectivity index (χ2n) is 5.28. The zero-order chi connectivity index (χ0) is 15.9. The number of carbonyl (C=O) groups excluding carboxylic acids is 1. The minimum atomic E-state index is -0.903. The topological polar surface area (TPSA) is 84.9 Å². The van der Waals surface area contributed by atoms with E-state index < -0.39 is 5.97 Å². The van der Waals surface area contributed by atoms with E-state index in [9.17, 15) is 9.59 Å². The third-order valence-electron chi connectivity index (χ3n) is 3.44. The molecule has 1 fully saturated rings. The van der Waals surface area contributed by atoms with E-state index in [4.69, 9.17) is 14.6 Å². The molecule has 120 valence electrons. The Bertz CT molecular complexity index is 527. The molecule has 1 aromatic carbocycles. The number of carbonyl (C=O) groups is 2. The number of amides is 1. The van der Waals surface area contributed by atoms with Gasteiger partial charge in [-0.25, -0.2) is 0 Å². The van der Waals surface area contributed by atoms with Crippen molar-refractivity contribution in [1.82, 2.24) is 5.32 Å². The first kappa shape index (κ1) is 16.1. The summed E-state index contributed by atoms with van der Waals surface area (Å²) < 4.78 is 10.9. The number of para-hydroxylation sites is 2. The fraction of sp³-hybridized carbons (Fsp3) is 0.500. The lowest BCUT2D eigenvalue weighted by Crippen LogP contribution is -2.40. The molecular formula is C16H21NO5. The Morgan fingerprint density at radius 1 is 1.27 bits per heavy atom. The Labute approximate surface area is 129 Å². The fourth-order valence-electron chi connectivity index (χ4n) is 2.26. The summed E-state index contributed by atoms with van der Waals surface area (Å²) in [5, 5.41) is 11.6. The lowest BCUT2D eigenvalue weighted by Gasteiger charge is -2.17. The lowest BCUT2D eigenvalue weighted by atomic mass is 10.1. The average Bonchev–Trinajstić information content (AvgIpc) is 3.30. The summed E-state index contributed by atoms with van der Waals surface area (Å²) in [5.41, 5.74) is 0. The molecule has 0 aliphatic heterocycles. The molecule has 0 aromatic heterocycles. The van der Waals surface area contributed by atoms with E-state index in [1.807, 2.05) is 13.0 Å². The number of benzene rings is 1. The van der Waals surface area contributed by atoms with E-state index in [-0.39, 0.29) is 30.9 Å². The van der Waals surface area contributed by atoms with E-state index in [1.165, 1.54) is 0 Å². The van der Waals surface area contributed by atoms with Crippen molar-refractivity contribution < 1.29 is 24.2 Å². The second-order valence-corrected chi connectivity index (χ2v) is 5.28. The Morgan fingerprint density at radius 2 is 1.91 bits per heavy atom. The molecule has 2 N–H and O–H groups in total. The van der Waals surface area contributed by atoms with Crippen LogP contribution in [0.25, 0.3) is 0 Å². The highest BCUT2D eigenvalue weighted by molar-refractivity contribution is 5.79. The van der Waals surface area contributed by atoms with Gasteiger partial charge in [0.25, 0.3) is 5.91 Å². The molecule has 0 radical (unpaired) electrons. The highest BCUT2D eigenvalue weighted by Gasteiger charge is 2.33. The average molecular weight is 307 g/mol. The molecule has 1 amide bonds. The van der Waals surface area contributed by atoms with Crippen molar-refractivity contribution in [2.24, 2.45) is 5.92 Å². The summed E-state index contributed by atoms with van der Waals surface area (Å²) >= 11 is 0. The smallest absolute Gasteiger partial charge is 0.305 e. The van der Waals surface area contributed by atoms with Gasteiger partial charge < -0.3 is 19.9 Å². The van der Waals surface area contributed by atoms with Crippen molar-refractivity contribution in [3.63, 3.8) is 0 Å². The van der Waals surface area contributed by atoms with Crippen LogP contribution in [0.5, 0.6) is 11.5 Å². The van der Waals surface area contributed by atoms with E-state index in [0.29, 0.717) is 18.1 Å². The Morgan fingerprint density at radius 3 is 2.45 bits per heavy atom. The van der Waals surface area contributed by atoms with Crippen LogP contribution < -0.4 is 14.8 Å². The molecule has 22 heavy (non-hydrogen) atoms. The molecule has 1 saturated carbocycles. The number of nitrogens with one attached hydrogen (secondary N) is 1. The van der Waals surface area contributed by atoms with Crippen molar-refractivity contribution >= 4 is 11.9 Å². The minimum Gasteiger partial charge on any atom is -0.490 e. The van der Waals surface area contributed by atoms with Gasteiger partial charge in [0.05, 0.1) is 13.0 Å². The minimum absolute atomic E-state index is 0.0497. The summed E-state index contributed by atoms with van der Waals surface area (Å²) in [7, 11) is 0. The molecule has 1 aromatic rings. The zero-order valence-electron chi connectivity index (χ0n) is 12.6. The van der Waals surface area contributed by atoms with Gasteiger partial charge in [-0.2, -0.15) is 0 Å². The highest BCUT2D eigenvalue weighted by atomic mass is 16.5.